The van der Waals surface area contributed by atoms with Crippen molar-refractivity contribution in [3.8, 4) is 0 Å². The summed E-state index contributed by atoms with van der Waals surface area (Å²) >= 11 is 0. The van der Waals surface area contributed by atoms with Crippen LogP contribution < -0.4 is 10.6 Å². The highest BCUT2D eigenvalue weighted by Gasteiger charge is 2.07. The van der Waals surface area contributed by atoms with Crippen molar-refractivity contribution < 1.29 is 9.59 Å². The zero-order valence-electron chi connectivity index (χ0n) is 14.8. The fourth-order valence-electron chi connectivity index (χ4n) is 3.04. The molecule has 0 aliphatic carbocycles. The molecule has 0 saturated carbocycles. The van der Waals surface area contributed by atoms with Gasteiger partial charge in [0, 0.05) is 10.8 Å². The third kappa shape index (κ3) is 3.71. The highest BCUT2D eigenvalue weighted by Crippen LogP contribution is 2.24. The van der Waals surface area contributed by atoms with Gasteiger partial charge in [-0.05, 0) is 22.9 Å². The molecule has 0 bridgehead atoms. The van der Waals surface area contributed by atoms with Gasteiger partial charge in [-0.2, -0.15) is 0 Å². The third-order valence-electron chi connectivity index (χ3n) is 4.29. The number of nitrogens with one attached hydrogen (secondary N) is 2. The summed E-state index contributed by atoms with van der Waals surface area (Å²) in [5, 5.41) is 16.0. The number of hydrogen-bond donors (Lipinski definition) is 2. The van der Waals surface area contributed by atoms with E-state index in [4.69, 9.17) is 0 Å². The number of carbonyl (C=O) groups excluding carboxylic acids is 2. The van der Waals surface area contributed by atoms with Gasteiger partial charge < -0.3 is 10.6 Å². The molecule has 0 fully saturated rings. The molecule has 2 N–H and O–H groups in total. The van der Waals surface area contributed by atoms with E-state index in [0.29, 0.717) is 11.4 Å². The number of carbonyl (C=O) groups is 2. The number of amides is 4. The fraction of sp³-hybridized carbons (Fsp3) is 0. The average molecular weight is 368 g/mol. The Morgan fingerprint density at radius 1 is 0.536 bits per heavy atom. The van der Waals surface area contributed by atoms with Crippen LogP contribution in [0.15, 0.2) is 95.2 Å². The van der Waals surface area contributed by atoms with Crippen LogP contribution in [0.2, 0.25) is 0 Å². The maximum Gasteiger partial charge on any atom is 0.364 e. The summed E-state index contributed by atoms with van der Waals surface area (Å²) < 4.78 is 0. The Morgan fingerprint density at radius 3 is 1.39 bits per heavy atom. The topological polar surface area (TPSA) is 82.9 Å². The summed E-state index contributed by atoms with van der Waals surface area (Å²) in [6, 6.07) is 25.0. The lowest BCUT2D eigenvalue weighted by molar-refractivity contribution is 0.252. The molecule has 0 aromatic heterocycles. The fourth-order valence-corrected chi connectivity index (χ4v) is 3.04. The van der Waals surface area contributed by atoms with Crippen LogP contribution in [0.3, 0.4) is 0 Å². The standard InChI is InChI=1S/C22H16N4O2/c27-21(23-19-13-5-9-15-7-1-3-11-17(15)19)25-26-22(28)24-20-14-6-10-16-8-2-4-12-18(16)20/h1-14H,(H,23,27)(H,24,28)/b26-25+. The smallest absolute Gasteiger partial charge is 0.304 e. The molecule has 0 saturated heterocycles. The SMILES string of the molecule is O=C(/N=N/C(=O)Nc1cccc2ccccc12)Nc1cccc2ccccc12. The minimum absolute atomic E-state index is 0.608. The first-order valence-electron chi connectivity index (χ1n) is 8.70. The van der Waals surface area contributed by atoms with Crippen molar-refractivity contribution in [3.05, 3.63) is 84.9 Å². The number of benzene rings is 4. The Hall–Kier alpha value is -4.06. The van der Waals surface area contributed by atoms with Crippen molar-refractivity contribution in [3.63, 3.8) is 0 Å². The van der Waals surface area contributed by atoms with Crippen molar-refractivity contribution in [2.75, 3.05) is 10.6 Å². The van der Waals surface area contributed by atoms with E-state index in [1.807, 2.05) is 72.8 Å². The minimum atomic E-state index is -0.718. The molecular weight excluding hydrogens is 352 g/mol. The lowest BCUT2D eigenvalue weighted by atomic mass is 10.1. The zero-order valence-corrected chi connectivity index (χ0v) is 14.8. The van der Waals surface area contributed by atoms with Crippen LogP contribution in [-0.2, 0) is 0 Å². The molecule has 4 aromatic rings. The maximum atomic E-state index is 12.1. The largest absolute Gasteiger partial charge is 0.364 e. The molecule has 136 valence electrons. The Bertz CT molecular complexity index is 1110. The van der Waals surface area contributed by atoms with Gasteiger partial charge in [-0.1, -0.05) is 83.0 Å². The van der Waals surface area contributed by atoms with Gasteiger partial charge in [0.05, 0.1) is 11.4 Å². The predicted molar refractivity (Wildman–Crippen MR) is 111 cm³/mol. The normalized spacial score (nSPS) is 11.0. The lowest BCUT2D eigenvalue weighted by Crippen LogP contribution is -2.09. The number of urea groups is 2. The van der Waals surface area contributed by atoms with E-state index >= 15 is 0 Å². The molecule has 0 spiro atoms. The van der Waals surface area contributed by atoms with Gasteiger partial charge in [0.25, 0.3) is 0 Å². The second kappa shape index (κ2) is 7.67. The number of nitrogens with zero attached hydrogens (tertiary/aromatic N) is 2. The molecule has 6 heteroatoms. The molecular formula is C22H16N4O2. The van der Waals surface area contributed by atoms with Crippen molar-refractivity contribution in [2.45, 2.75) is 0 Å². The first-order chi connectivity index (χ1) is 13.7. The van der Waals surface area contributed by atoms with Gasteiger partial charge >= 0.3 is 12.1 Å². The molecule has 6 nitrogen and oxygen atoms in total. The Balaban J connectivity index is 1.46. The van der Waals surface area contributed by atoms with Gasteiger partial charge in [-0.15, -0.1) is 0 Å². The predicted octanol–water partition coefficient (Wildman–Crippen LogP) is 6.21. The molecule has 0 unspecified atom stereocenters. The van der Waals surface area contributed by atoms with Crippen LogP contribution in [0.25, 0.3) is 21.5 Å². The third-order valence-corrected chi connectivity index (χ3v) is 4.29. The second-order valence-corrected chi connectivity index (χ2v) is 6.11. The van der Waals surface area contributed by atoms with E-state index in [-0.39, 0.29) is 0 Å². The first kappa shape index (κ1) is 17.4. The van der Waals surface area contributed by atoms with E-state index in [2.05, 4.69) is 20.9 Å². The highest BCUT2D eigenvalue weighted by molar-refractivity contribution is 6.04. The summed E-state index contributed by atoms with van der Waals surface area (Å²) in [6.45, 7) is 0. The summed E-state index contributed by atoms with van der Waals surface area (Å²) in [7, 11) is 0. The van der Waals surface area contributed by atoms with Crippen LogP contribution >= 0.6 is 0 Å². The molecule has 0 atom stereocenters. The Labute approximate surface area is 160 Å². The summed E-state index contributed by atoms with van der Waals surface area (Å²) in [4.78, 5) is 24.1. The number of anilines is 2. The van der Waals surface area contributed by atoms with Gasteiger partial charge in [0.15, 0.2) is 0 Å². The van der Waals surface area contributed by atoms with Crippen molar-refractivity contribution in [1.29, 1.82) is 0 Å². The first-order valence-corrected chi connectivity index (χ1v) is 8.70. The molecule has 4 rings (SSSR count). The molecule has 0 aliphatic rings. The van der Waals surface area contributed by atoms with E-state index in [9.17, 15) is 9.59 Å². The summed E-state index contributed by atoms with van der Waals surface area (Å²) in [6.07, 6.45) is 0. The highest BCUT2D eigenvalue weighted by atomic mass is 16.2. The molecule has 28 heavy (non-hydrogen) atoms. The van der Waals surface area contributed by atoms with Crippen LogP contribution in [0, 0.1) is 0 Å². The van der Waals surface area contributed by atoms with Crippen molar-refractivity contribution in [1.82, 2.24) is 0 Å². The van der Waals surface area contributed by atoms with Crippen molar-refractivity contribution in [2.24, 2.45) is 10.2 Å². The quantitative estimate of drug-likeness (QED) is 0.412. The van der Waals surface area contributed by atoms with Gasteiger partial charge in [-0.3, -0.25) is 0 Å². The minimum Gasteiger partial charge on any atom is -0.304 e. The van der Waals surface area contributed by atoms with Gasteiger partial charge in [0.2, 0.25) is 0 Å². The number of azo groups is 1. The van der Waals surface area contributed by atoms with Crippen molar-refractivity contribution >= 4 is 45.0 Å². The van der Waals surface area contributed by atoms with E-state index in [1.54, 1.807) is 12.1 Å². The van der Waals surface area contributed by atoms with Gasteiger partial charge in [-0.25, -0.2) is 9.59 Å². The zero-order chi connectivity index (χ0) is 19.3. The second-order valence-electron chi connectivity index (χ2n) is 6.11. The monoisotopic (exact) mass is 368 g/mol. The number of hydrogen-bond acceptors (Lipinski definition) is 2. The average Bonchev–Trinajstić information content (AvgIpc) is 2.73. The molecule has 0 heterocycles. The van der Waals surface area contributed by atoms with E-state index in [1.165, 1.54) is 0 Å². The Kier molecular flexibility index (Phi) is 4.76. The van der Waals surface area contributed by atoms with E-state index in [0.717, 1.165) is 21.5 Å². The van der Waals surface area contributed by atoms with Crippen LogP contribution in [0.5, 0.6) is 0 Å². The number of fused-ring (bicyclic) bond motifs is 2. The summed E-state index contributed by atoms with van der Waals surface area (Å²) in [5.41, 5.74) is 1.22. The van der Waals surface area contributed by atoms with Crippen LogP contribution in [0.4, 0.5) is 21.0 Å². The molecule has 4 aromatic carbocycles. The lowest BCUT2D eigenvalue weighted by Gasteiger charge is -2.06. The number of rotatable bonds is 2. The molecule has 0 aliphatic heterocycles. The molecule has 4 amide bonds. The molecule has 0 radical (unpaired) electrons. The van der Waals surface area contributed by atoms with Crippen LogP contribution in [-0.4, -0.2) is 12.1 Å². The Morgan fingerprint density at radius 2 is 0.929 bits per heavy atom. The maximum absolute atomic E-state index is 12.1. The van der Waals surface area contributed by atoms with E-state index < -0.39 is 12.1 Å². The summed E-state index contributed by atoms with van der Waals surface area (Å²) in [5.74, 6) is 0. The van der Waals surface area contributed by atoms with Gasteiger partial charge in [0.1, 0.15) is 0 Å². The van der Waals surface area contributed by atoms with Crippen LogP contribution in [0.1, 0.15) is 0 Å².